The van der Waals surface area contributed by atoms with Crippen LogP contribution in [-0.4, -0.2) is 16.5 Å². The van der Waals surface area contributed by atoms with E-state index in [-0.39, 0.29) is 16.3 Å². The highest BCUT2D eigenvalue weighted by Gasteiger charge is 2.15. The second-order valence-electron chi connectivity index (χ2n) is 4.86. The van der Waals surface area contributed by atoms with E-state index < -0.39 is 10.8 Å². The maximum atomic E-state index is 12.0. The van der Waals surface area contributed by atoms with Gasteiger partial charge in [0.05, 0.1) is 10.6 Å². The third-order valence-corrected chi connectivity index (χ3v) is 3.37. The van der Waals surface area contributed by atoms with E-state index in [1.165, 1.54) is 12.1 Å². The second kappa shape index (κ2) is 8.03. The zero-order valence-electron chi connectivity index (χ0n) is 12.8. The van der Waals surface area contributed by atoms with Gasteiger partial charge in [0.25, 0.3) is 11.6 Å². The molecule has 0 radical (unpaired) electrons. The molecule has 0 aromatic heterocycles. The first-order valence-electron chi connectivity index (χ1n) is 6.99. The summed E-state index contributed by atoms with van der Waals surface area (Å²) in [7, 11) is 0. The molecule has 0 bridgehead atoms. The maximum Gasteiger partial charge on any atom is 0.288 e. The number of hydrazone groups is 1. The number of carbonyl (C=O) groups is 1. The number of rotatable bonds is 5. The minimum Gasteiger partial charge on any atom is -0.267 e. The molecule has 2 aromatic rings. The molecule has 1 N–H and O–H groups in total. The number of nitrogens with zero attached hydrogens (tertiary/aromatic N) is 2. The number of nitrogens with one attached hydrogen (secondary N) is 1. The van der Waals surface area contributed by atoms with E-state index in [4.69, 9.17) is 11.6 Å². The highest BCUT2D eigenvalue weighted by Crippen LogP contribution is 2.24. The zero-order valence-corrected chi connectivity index (χ0v) is 13.5. The minimum atomic E-state index is -0.643. The van der Waals surface area contributed by atoms with Crippen molar-refractivity contribution in [2.24, 2.45) is 5.10 Å². The van der Waals surface area contributed by atoms with Gasteiger partial charge in [-0.05, 0) is 30.7 Å². The Hall–Kier alpha value is -2.99. The molecule has 24 heavy (non-hydrogen) atoms. The molecule has 2 aromatic carbocycles. The molecule has 0 aliphatic heterocycles. The van der Waals surface area contributed by atoms with Gasteiger partial charge in [-0.25, -0.2) is 5.43 Å². The van der Waals surface area contributed by atoms with Crippen molar-refractivity contribution < 1.29 is 9.72 Å². The molecule has 0 fully saturated rings. The van der Waals surface area contributed by atoms with Crippen molar-refractivity contribution in [3.63, 3.8) is 0 Å². The molecule has 0 saturated carbocycles. The van der Waals surface area contributed by atoms with Crippen LogP contribution in [0, 0.1) is 10.1 Å². The largest absolute Gasteiger partial charge is 0.288 e. The van der Waals surface area contributed by atoms with Crippen molar-refractivity contribution in [1.29, 1.82) is 0 Å². The van der Waals surface area contributed by atoms with E-state index in [2.05, 4.69) is 10.5 Å². The normalized spacial score (nSPS) is 11.5. The molecule has 122 valence electrons. The molecule has 0 atom stereocenters. The Balaban J connectivity index is 2.05. The SMILES string of the molecule is CC(/C=C/c1ccccc1)=N\NC(=O)c1ccc(Cl)c([N+](=O)[O-])c1. The molecular weight excluding hydrogens is 330 g/mol. The van der Waals surface area contributed by atoms with Gasteiger partial charge in [0.15, 0.2) is 0 Å². The molecule has 0 unspecified atom stereocenters. The summed E-state index contributed by atoms with van der Waals surface area (Å²) in [6.07, 6.45) is 3.61. The summed E-state index contributed by atoms with van der Waals surface area (Å²) in [5, 5.41) is 14.7. The maximum absolute atomic E-state index is 12.0. The Morgan fingerprint density at radius 1 is 1.25 bits per heavy atom. The fraction of sp³-hybridized carbons (Fsp3) is 0.0588. The molecule has 0 saturated heterocycles. The quantitative estimate of drug-likeness (QED) is 0.504. The van der Waals surface area contributed by atoms with Gasteiger partial charge in [-0.2, -0.15) is 5.10 Å². The molecule has 7 heteroatoms. The molecule has 0 spiro atoms. The van der Waals surface area contributed by atoms with Gasteiger partial charge in [-0.1, -0.05) is 48.0 Å². The van der Waals surface area contributed by atoms with Crippen LogP contribution in [0.1, 0.15) is 22.8 Å². The van der Waals surface area contributed by atoms with E-state index in [9.17, 15) is 14.9 Å². The van der Waals surface area contributed by atoms with Crippen molar-refractivity contribution in [2.45, 2.75) is 6.92 Å². The van der Waals surface area contributed by atoms with E-state index >= 15 is 0 Å². The van der Waals surface area contributed by atoms with Crippen LogP contribution < -0.4 is 5.43 Å². The summed E-state index contributed by atoms with van der Waals surface area (Å²) in [6, 6.07) is 13.5. The van der Waals surface area contributed by atoms with Gasteiger partial charge in [0.1, 0.15) is 5.02 Å². The standard InChI is InChI=1S/C17H14ClN3O3/c1-12(7-8-13-5-3-2-4-6-13)19-20-17(22)14-9-10-15(18)16(11-14)21(23)24/h2-11H,1H3,(H,20,22)/b8-7+,19-12+. The lowest BCUT2D eigenvalue weighted by Gasteiger charge is -2.02. The number of nitro groups is 1. The predicted octanol–water partition coefficient (Wildman–Crippen LogP) is 4.07. The first-order chi connectivity index (χ1) is 11.5. The van der Waals surface area contributed by atoms with Gasteiger partial charge < -0.3 is 0 Å². The summed E-state index contributed by atoms with van der Waals surface area (Å²) < 4.78 is 0. The lowest BCUT2D eigenvalue weighted by atomic mass is 10.2. The Morgan fingerprint density at radius 3 is 2.62 bits per heavy atom. The molecular formula is C17H14ClN3O3. The number of benzene rings is 2. The van der Waals surface area contributed by atoms with Crippen molar-refractivity contribution in [3.05, 3.63) is 80.9 Å². The van der Waals surface area contributed by atoms with Crippen LogP contribution in [-0.2, 0) is 0 Å². The van der Waals surface area contributed by atoms with Gasteiger partial charge in [0.2, 0.25) is 0 Å². The van der Waals surface area contributed by atoms with Gasteiger partial charge in [-0.15, -0.1) is 0 Å². The number of hydrogen-bond donors (Lipinski definition) is 1. The molecule has 2 rings (SSSR count). The number of halogens is 1. The van der Waals surface area contributed by atoms with Crippen molar-refractivity contribution in [2.75, 3.05) is 0 Å². The van der Waals surface area contributed by atoms with Crippen LogP contribution in [0.5, 0.6) is 0 Å². The van der Waals surface area contributed by atoms with Gasteiger partial charge >= 0.3 is 0 Å². The Morgan fingerprint density at radius 2 is 1.96 bits per heavy atom. The van der Waals surface area contributed by atoms with Crippen molar-refractivity contribution >= 4 is 35.0 Å². The smallest absolute Gasteiger partial charge is 0.267 e. The molecule has 6 nitrogen and oxygen atoms in total. The summed E-state index contributed by atoms with van der Waals surface area (Å²) in [6.45, 7) is 1.73. The van der Waals surface area contributed by atoms with Crippen molar-refractivity contribution in [1.82, 2.24) is 5.43 Å². The molecule has 1 amide bonds. The monoisotopic (exact) mass is 343 g/mol. The molecule has 0 heterocycles. The molecule has 0 aliphatic rings. The van der Waals surface area contributed by atoms with Crippen LogP contribution in [0.25, 0.3) is 6.08 Å². The third-order valence-electron chi connectivity index (χ3n) is 3.06. The predicted molar refractivity (Wildman–Crippen MR) is 94.2 cm³/mol. The number of allylic oxidation sites excluding steroid dienone is 1. The number of amides is 1. The van der Waals surface area contributed by atoms with Crippen LogP contribution in [0.2, 0.25) is 5.02 Å². The van der Waals surface area contributed by atoms with Crippen LogP contribution in [0.4, 0.5) is 5.69 Å². The van der Waals surface area contributed by atoms with E-state index in [0.29, 0.717) is 5.71 Å². The average molecular weight is 344 g/mol. The van der Waals surface area contributed by atoms with Crippen molar-refractivity contribution in [3.8, 4) is 0 Å². The van der Waals surface area contributed by atoms with Crippen LogP contribution >= 0.6 is 11.6 Å². The zero-order chi connectivity index (χ0) is 17.5. The third kappa shape index (κ3) is 4.76. The Kier molecular flexibility index (Phi) is 5.81. The Bertz CT molecular complexity index is 817. The van der Waals surface area contributed by atoms with Crippen LogP contribution in [0.3, 0.4) is 0 Å². The highest BCUT2D eigenvalue weighted by molar-refractivity contribution is 6.32. The number of nitro benzene ring substituents is 1. The summed E-state index contributed by atoms with van der Waals surface area (Å²) in [5.74, 6) is -0.553. The van der Waals surface area contributed by atoms with Gasteiger partial charge in [0, 0.05) is 11.6 Å². The highest BCUT2D eigenvalue weighted by atomic mass is 35.5. The summed E-state index contributed by atoms with van der Waals surface area (Å²) in [5.41, 5.74) is 3.72. The fourth-order valence-corrected chi connectivity index (χ4v) is 2.00. The summed E-state index contributed by atoms with van der Waals surface area (Å²) >= 11 is 5.71. The topological polar surface area (TPSA) is 84.6 Å². The van der Waals surface area contributed by atoms with E-state index in [1.807, 2.05) is 36.4 Å². The van der Waals surface area contributed by atoms with Crippen LogP contribution in [0.15, 0.2) is 59.7 Å². The minimum absolute atomic E-state index is 0.0259. The first kappa shape index (κ1) is 17.4. The summed E-state index contributed by atoms with van der Waals surface area (Å²) in [4.78, 5) is 22.2. The lowest BCUT2D eigenvalue weighted by molar-refractivity contribution is -0.384. The van der Waals surface area contributed by atoms with E-state index in [0.717, 1.165) is 11.6 Å². The average Bonchev–Trinajstić information content (AvgIpc) is 2.59. The first-order valence-corrected chi connectivity index (χ1v) is 7.37. The number of hydrogen-bond acceptors (Lipinski definition) is 4. The van der Waals surface area contributed by atoms with Gasteiger partial charge in [-0.3, -0.25) is 14.9 Å². The second-order valence-corrected chi connectivity index (χ2v) is 5.27. The fourth-order valence-electron chi connectivity index (χ4n) is 1.82. The Labute approximate surface area is 143 Å². The molecule has 0 aliphatic carbocycles. The lowest BCUT2D eigenvalue weighted by Crippen LogP contribution is -2.18. The number of carbonyl (C=O) groups excluding carboxylic acids is 1. The van der Waals surface area contributed by atoms with E-state index in [1.54, 1.807) is 13.0 Å².